The first-order valence-electron chi connectivity index (χ1n) is 6.86. The number of hydrogen-bond donors (Lipinski definition) is 1. The standard InChI is InChI=1S/C16H22BrNO2/c1-4-6-11-20-12(3)16(19)18-15(5-2)13-7-9-14(17)10-8-13/h4,7-10,12,15H,1,5-6,11H2,2-3H3,(H,18,19)/t12-,15+/m0/s1. The molecule has 2 atom stereocenters. The van der Waals surface area contributed by atoms with Crippen LogP contribution in [0.25, 0.3) is 0 Å². The first kappa shape index (κ1) is 16.9. The van der Waals surface area contributed by atoms with E-state index in [9.17, 15) is 4.79 Å². The number of carbonyl (C=O) groups excluding carboxylic acids is 1. The molecule has 1 rings (SSSR count). The van der Waals surface area contributed by atoms with Crippen molar-refractivity contribution in [1.29, 1.82) is 0 Å². The monoisotopic (exact) mass is 339 g/mol. The average Bonchev–Trinajstić information content (AvgIpc) is 2.45. The molecule has 110 valence electrons. The van der Waals surface area contributed by atoms with E-state index < -0.39 is 6.10 Å². The molecule has 0 spiro atoms. The second kappa shape index (κ2) is 8.93. The van der Waals surface area contributed by atoms with Gasteiger partial charge in [-0.2, -0.15) is 0 Å². The van der Waals surface area contributed by atoms with Gasteiger partial charge in [0.05, 0.1) is 12.6 Å². The van der Waals surface area contributed by atoms with Gasteiger partial charge in [-0.1, -0.05) is 41.1 Å². The van der Waals surface area contributed by atoms with Gasteiger partial charge in [0, 0.05) is 4.47 Å². The van der Waals surface area contributed by atoms with Crippen molar-refractivity contribution in [2.24, 2.45) is 0 Å². The summed E-state index contributed by atoms with van der Waals surface area (Å²) >= 11 is 3.41. The van der Waals surface area contributed by atoms with Gasteiger partial charge in [-0.3, -0.25) is 4.79 Å². The van der Waals surface area contributed by atoms with E-state index in [-0.39, 0.29) is 11.9 Å². The van der Waals surface area contributed by atoms with E-state index in [0.29, 0.717) is 6.61 Å². The summed E-state index contributed by atoms with van der Waals surface area (Å²) < 4.78 is 6.48. The second-order valence-electron chi connectivity index (χ2n) is 4.61. The molecule has 0 aliphatic carbocycles. The molecule has 0 aliphatic heterocycles. The van der Waals surface area contributed by atoms with E-state index in [1.54, 1.807) is 13.0 Å². The molecule has 0 radical (unpaired) electrons. The predicted octanol–water partition coefficient (Wildman–Crippen LogP) is 4.00. The van der Waals surface area contributed by atoms with E-state index in [4.69, 9.17) is 4.74 Å². The van der Waals surface area contributed by atoms with Crippen LogP contribution in [-0.2, 0) is 9.53 Å². The highest BCUT2D eigenvalue weighted by Gasteiger charge is 2.18. The van der Waals surface area contributed by atoms with Crippen LogP contribution < -0.4 is 5.32 Å². The van der Waals surface area contributed by atoms with Crippen molar-refractivity contribution in [3.63, 3.8) is 0 Å². The Kier molecular flexibility index (Phi) is 7.55. The topological polar surface area (TPSA) is 38.3 Å². The van der Waals surface area contributed by atoms with Crippen molar-refractivity contribution >= 4 is 21.8 Å². The molecular formula is C16H22BrNO2. The van der Waals surface area contributed by atoms with Crippen LogP contribution in [0.1, 0.15) is 38.3 Å². The summed E-state index contributed by atoms with van der Waals surface area (Å²) in [5, 5.41) is 3.02. The van der Waals surface area contributed by atoms with Crippen LogP contribution >= 0.6 is 15.9 Å². The molecule has 0 heterocycles. The van der Waals surface area contributed by atoms with E-state index in [2.05, 4.69) is 34.7 Å². The Bertz CT molecular complexity index is 431. The van der Waals surface area contributed by atoms with Gasteiger partial charge >= 0.3 is 0 Å². The van der Waals surface area contributed by atoms with Gasteiger partial charge in [0.2, 0.25) is 5.91 Å². The highest BCUT2D eigenvalue weighted by Crippen LogP contribution is 2.19. The molecule has 3 nitrogen and oxygen atoms in total. The van der Waals surface area contributed by atoms with Crippen molar-refractivity contribution in [3.05, 3.63) is 47.0 Å². The molecule has 20 heavy (non-hydrogen) atoms. The zero-order valence-corrected chi connectivity index (χ0v) is 13.7. The Morgan fingerprint density at radius 3 is 2.65 bits per heavy atom. The molecule has 1 aromatic rings. The van der Waals surface area contributed by atoms with Crippen LogP contribution in [0.2, 0.25) is 0 Å². The number of rotatable bonds is 8. The van der Waals surface area contributed by atoms with Crippen molar-refractivity contribution < 1.29 is 9.53 Å². The summed E-state index contributed by atoms with van der Waals surface area (Å²) in [5.41, 5.74) is 1.10. The van der Waals surface area contributed by atoms with Crippen LogP contribution in [0.5, 0.6) is 0 Å². The summed E-state index contributed by atoms with van der Waals surface area (Å²) in [6.07, 6.45) is 2.93. The van der Waals surface area contributed by atoms with E-state index >= 15 is 0 Å². The van der Waals surface area contributed by atoms with Gasteiger partial charge in [-0.05, 0) is 37.5 Å². The Labute approximate surface area is 129 Å². The maximum absolute atomic E-state index is 12.1. The van der Waals surface area contributed by atoms with Crippen molar-refractivity contribution in [2.75, 3.05) is 6.61 Å². The third-order valence-corrected chi connectivity index (χ3v) is 3.58. The lowest BCUT2D eigenvalue weighted by Gasteiger charge is -2.20. The number of benzene rings is 1. The number of amides is 1. The smallest absolute Gasteiger partial charge is 0.249 e. The molecule has 0 aromatic heterocycles. The lowest BCUT2D eigenvalue weighted by Crippen LogP contribution is -2.37. The van der Waals surface area contributed by atoms with Crippen molar-refractivity contribution in [1.82, 2.24) is 5.32 Å². The number of halogens is 1. The fourth-order valence-corrected chi connectivity index (χ4v) is 2.07. The average molecular weight is 340 g/mol. The minimum Gasteiger partial charge on any atom is -0.368 e. The van der Waals surface area contributed by atoms with E-state index in [1.165, 1.54) is 0 Å². The van der Waals surface area contributed by atoms with Gasteiger partial charge in [0.1, 0.15) is 6.10 Å². The summed E-state index contributed by atoms with van der Waals surface area (Å²) in [4.78, 5) is 12.1. The molecule has 1 N–H and O–H groups in total. The molecule has 0 aliphatic rings. The lowest BCUT2D eigenvalue weighted by molar-refractivity contribution is -0.132. The highest BCUT2D eigenvalue weighted by molar-refractivity contribution is 9.10. The minimum absolute atomic E-state index is 0.0149. The van der Waals surface area contributed by atoms with Gasteiger partial charge in [-0.15, -0.1) is 6.58 Å². The minimum atomic E-state index is -0.445. The molecule has 4 heteroatoms. The Morgan fingerprint density at radius 2 is 2.10 bits per heavy atom. The summed E-state index contributed by atoms with van der Waals surface area (Å²) in [7, 11) is 0. The third kappa shape index (κ3) is 5.47. The molecule has 1 aromatic carbocycles. The van der Waals surface area contributed by atoms with Gasteiger partial charge < -0.3 is 10.1 Å². The van der Waals surface area contributed by atoms with Gasteiger partial charge in [-0.25, -0.2) is 0 Å². The van der Waals surface area contributed by atoms with Crippen LogP contribution in [0, 0.1) is 0 Å². The van der Waals surface area contributed by atoms with Crippen molar-refractivity contribution in [2.45, 2.75) is 38.8 Å². The fourth-order valence-electron chi connectivity index (χ4n) is 1.81. The maximum Gasteiger partial charge on any atom is 0.249 e. The molecule has 1 amide bonds. The lowest BCUT2D eigenvalue weighted by atomic mass is 10.0. The molecule has 0 saturated carbocycles. The second-order valence-corrected chi connectivity index (χ2v) is 5.53. The number of nitrogens with one attached hydrogen (secondary N) is 1. The third-order valence-electron chi connectivity index (χ3n) is 3.06. The van der Waals surface area contributed by atoms with Crippen LogP contribution in [0.15, 0.2) is 41.4 Å². The Morgan fingerprint density at radius 1 is 1.45 bits per heavy atom. The molecule has 0 bridgehead atoms. The summed E-state index contributed by atoms with van der Waals surface area (Å²) in [5.74, 6) is -0.0798. The van der Waals surface area contributed by atoms with Crippen LogP contribution in [0.4, 0.5) is 0 Å². The summed E-state index contributed by atoms with van der Waals surface area (Å²) in [6, 6.07) is 8.01. The number of hydrogen-bond acceptors (Lipinski definition) is 2. The molecular weight excluding hydrogens is 318 g/mol. The van der Waals surface area contributed by atoms with E-state index in [0.717, 1.165) is 22.9 Å². The highest BCUT2D eigenvalue weighted by atomic mass is 79.9. The quantitative estimate of drug-likeness (QED) is 0.574. The maximum atomic E-state index is 12.1. The van der Waals surface area contributed by atoms with Gasteiger partial charge in [0.25, 0.3) is 0 Å². The van der Waals surface area contributed by atoms with Crippen LogP contribution in [-0.4, -0.2) is 18.6 Å². The zero-order chi connectivity index (χ0) is 15.0. The van der Waals surface area contributed by atoms with E-state index in [1.807, 2.05) is 24.3 Å². The number of carbonyl (C=O) groups is 1. The number of ether oxygens (including phenoxy) is 1. The normalized spacial score (nSPS) is 13.6. The van der Waals surface area contributed by atoms with Gasteiger partial charge in [0.15, 0.2) is 0 Å². The fraction of sp³-hybridized carbons (Fsp3) is 0.438. The van der Waals surface area contributed by atoms with Crippen molar-refractivity contribution in [3.8, 4) is 0 Å². The largest absolute Gasteiger partial charge is 0.368 e. The molecule has 0 fully saturated rings. The molecule has 0 saturated heterocycles. The zero-order valence-electron chi connectivity index (χ0n) is 12.1. The first-order valence-corrected chi connectivity index (χ1v) is 7.66. The Hall–Kier alpha value is -1.13. The van der Waals surface area contributed by atoms with Crippen LogP contribution in [0.3, 0.4) is 0 Å². The Balaban J connectivity index is 2.56. The predicted molar refractivity (Wildman–Crippen MR) is 85.5 cm³/mol. The SMILES string of the molecule is C=CCCO[C@@H](C)C(=O)N[C@H](CC)c1ccc(Br)cc1. The summed E-state index contributed by atoms with van der Waals surface area (Å²) in [6.45, 7) is 7.97. The molecule has 0 unspecified atom stereocenters. The first-order chi connectivity index (χ1) is 9.58.